The molecule has 1 aliphatic heterocycles. The highest BCUT2D eigenvalue weighted by atomic mass is 32.2. The number of carbonyl (C=O) groups excluding carboxylic acids is 1. The summed E-state index contributed by atoms with van der Waals surface area (Å²) in [6, 6.07) is 8.37. The van der Waals surface area contributed by atoms with Crippen molar-refractivity contribution in [2.45, 2.75) is 30.8 Å². The third kappa shape index (κ3) is 3.49. The van der Waals surface area contributed by atoms with Gasteiger partial charge in [0.05, 0.1) is 0 Å². The Morgan fingerprint density at radius 3 is 2.92 bits per heavy atom. The van der Waals surface area contributed by atoms with Crippen molar-refractivity contribution >= 4 is 28.6 Å². The fourth-order valence-corrected chi connectivity index (χ4v) is 3.68. The zero-order valence-corrected chi connectivity index (χ0v) is 15.2. The van der Waals surface area contributed by atoms with Gasteiger partial charge in [-0.3, -0.25) is 14.5 Å². The Morgan fingerprint density at radius 2 is 2.21 bits per heavy atom. The van der Waals surface area contributed by atoms with Gasteiger partial charge in [0.15, 0.2) is 0 Å². The third-order valence-corrected chi connectivity index (χ3v) is 5.54. The number of H-pyrrole nitrogens is 1. The van der Waals surface area contributed by atoms with Crippen LogP contribution in [0.1, 0.15) is 18.9 Å². The summed E-state index contributed by atoms with van der Waals surface area (Å²) in [5, 5.41) is 1.05. The van der Waals surface area contributed by atoms with Crippen molar-refractivity contribution in [3.8, 4) is 0 Å². The highest BCUT2D eigenvalue weighted by molar-refractivity contribution is 7.98. The van der Waals surface area contributed by atoms with Gasteiger partial charge in [-0.15, -0.1) is 11.8 Å². The van der Waals surface area contributed by atoms with Gasteiger partial charge in [-0.1, -0.05) is 6.07 Å². The lowest BCUT2D eigenvalue weighted by Gasteiger charge is -2.23. The molecule has 0 bridgehead atoms. The van der Waals surface area contributed by atoms with Gasteiger partial charge in [0.25, 0.3) is 5.56 Å². The summed E-state index contributed by atoms with van der Waals surface area (Å²) in [7, 11) is 1.85. The second kappa shape index (κ2) is 6.99. The standard InChI is InChI=1S/C18H23N3O2S/c1-12(22)20(2)15-6-7-21(11-15)10-14-8-13-4-5-16(24-3)9-17(13)19-18(14)23/h4-5,8-9,15H,6-7,10-11H2,1-3H3,(H,19,23)/t15-/m1/s1. The lowest BCUT2D eigenvalue weighted by Crippen LogP contribution is -2.37. The summed E-state index contributed by atoms with van der Waals surface area (Å²) in [5.74, 6) is 0.0926. The Labute approximate surface area is 146 Å². The van der Waals surface area contributed by atoms with E-state index in [-0.39, 0.29) is 17.5 Å². The summed E-state index contributed by atoms with van der Waals surface area (Å²) >= 11 is 1.66. The first-order chi connectivity index (χ1) is 11.5. The largest absolute Gasteiger partial charge is 0.342 e. The number of aromatic amines is 1. The van der Waals surface area contributed by atoms with E-state index in [1.165, 1.54) is 0 Å². The number of carbonyl (C=O) groups is 1. The molecule has 2 aromatic rings. The molecule has 0 saturated carbocycles. The minimum atomic E-state index is -0.0240. The zero-order valence-electron chi connectivity index (χ0n) is 14.3. The molecule has 2 heterocycles. The van der Waals surface area contributed by atoms with E-state index >= 15 is 0 Å². The fraction of sp³-hybridized carbons (Fsp3) is 0.444. The number of nitrogens with zero attached hydrogens (tertiary/aromatic N) is 2. The first kappa shape index (κ1) is 17.0. The number of fused-ring (bicyclic) bond motifs is 1. The smallest absolute Gasteiger partial charge is 0.252 e. The van der Waals surface area contributed by atoms with E-state index in [2.05, 4.69) is 22.0 Å². The highest BCUT2D eigenvalue weighted by Gasteiger charge is 2.27. The molecule has 0 spiro atoms. The summed E-state index contributed by atoms with van der Waals surface area (Å²) < 4.78 is 0. The maximum Gasteiger partial charge on any atom is 0.252 e. The van der Waals surface area contributed by atoms with Crippen LogP contribution in [-0.2, 0) is 11.3 Å². The number of hydrogen-bond acceptors (Lipinski definition) is 4. The Hall–Kier alpha value is -1.79. The number of pyridine rings is 1. The van der Waals surface area contributed by atoms with Gasteiger partial charge in [0.1, 0.15) is 0 Å². The second-order valence-electron chi connectivity index (χ2n) is 6.38. The van der Waals surface area contributed by atoms with E-state index in [0.717, 1.165) is 40.9 Å². The van der Waals surface area contributed by atoms with Crippen molar-refractivity contribution in [3.63, 3.8) is 0 Å². The van der Waals surface area contributed by atoms with Crippen molar-refractivity contribution < 1.29 is 4.79 Å². The molecule has 1 atom stereocenters. The van der Waals surface area contributed by atoms with Gasteiger partial charge in [-0.05, 0) is 36.3 Å². The van der Waals surface area contributed by atoms with Crippen LogP contribution >= 0.6 is 11.8 Å². The number of aromatic nitrogens is 1. The Bertz CT molecular complexity index is 818. The minimum Gasteiger partial charge on any atom is -0.342 e. The molecule has 1 N–H and O–H groups in total. The SMILES string of the molecule is CSc1ccc2cc(CN3CC[C@@H](N(C)C(C)=O)C3)c(=O)[nH]c2c1. The van der Waals surface area contributed by atoms with Crippen LogP contribution in [0.2, 0.25) is 0 Å². The molecule has 1 saturated heterocycles. The number of likely N-dealkylation sites (tertiary alicyclic amines) is 1. The third-order valence-electron chi connectivity index (χ3n) is 4.82. The average Bonchev–Trinajstić information content (AvgIpc) is 3.02. The van der Waals surface area contributed by atoms with Crippen molar-refractivity contribution in [2.75, 3.05) is 26.4 Å². The molecule has 5 nitrogen and oxygen atoms in total. The van der Waals surface area contributed by atoms with Crippen LogP contribution in [0.15, 0.2) is 34.0 Å². The molecule has 1 aliphatic rings. The van der Waals surface area contributed by atoms with Crippen LogP contribution in [-0.4, -0.2) is 53.1 Å². The Morgan fingerprint density at radius 1 is 1.42 bits per heavy atom. The second-order valence-corrected chi connectivity index (χ2v) is 7.26. The average molecular weight is 345 g/mol. The van der Waals surface area contributed by atoms with Crippen LogP contribution in [0, 0.1) is 0 Å². The number of hydrogen-bond donors (Lipinski definition) is 1. The fourth-order valence-electron chi connectivity index (χ4n) is 3.24. The molecule has 6 heteroatoms. The molecule has 128 valence electrons. The van der Waals surface area contributed by atoms with E-state index in [1.807, 2.05) is 25.4 Å². The summed E-state index contributed by atoms with van der Waals surface area (Å²) in [5.41, 5.74) is 1.64. The summed E-state index contributed by atoms with van der Waals surface area (Å²) in [4.78, 5) is 32.1. The molecular weight excluding hydrogens is 322 g/mol. The van der Waals surface area contributed by atoms with E-state index < -0.39 is 0 Å². The summed E-state index contributed by atoms with van der Waals surface area (Å²) in [6.07, 6.45) is 2.98. The van der Waals surface area contributed by atoms with E-state index in [4.69, 9.17) is 0 Å². The molecule has 1 aromatic carbocycles. The number of rotatable bonds is 4. The van der Waals surface area contributed by atoms with E-state index in [0.29, 0.717) is 6.54 Å². The number of nitrogens with one attached hydrogen (secondary N) is 1. The van der Waals surface area contributed by atoms with Gasteiger partial charge >= 0.3 is 0 Å². The molecule has 1 aromatic heterocycles. The van der Waals surface area contributed by atoms with Gasteiger partial charge in [0, 0.05) is 55.6 Å². The van der Waals surface area contributed by atoms with Crippen LogP contribution in [0.3, 0.4) is 0 Å². The van der Waals surface area contributed by atoms with Crippen molar-refractivity contribution in [1.29, 1.82) is 0 Å². The molecule has 0 aliphatic carbocycles. The van der Waals surface area contributed by atoms with Gasteiger partial charge in [-0.2, -0.15) is 0 Å². The molecule has 3 rings (SSSR count). The monoisotopic (exact) mass is 345 g/mol. The molecule has 24 heavy (non-hydrogen) atoms. The number of amides is 1. The lowest BCUT2D eigenvalue weighted by molar-refractivity contribution is -0.129. The van der Waals surface area contributed by atoms with Crippen molar-refractivity contribution in [1.82, 2.24) is 14.8 Å². The molecule has 1 fully saturated rings. The Kier molecular flexibility index (Phi) is 4.96. The lowest BCUT2D eigenvalue weighted by atomic mass is 10.1. The molecule has 1 amide bonds. The van der Waals surface area contributed by atoms with Crippen molar-refractivity contribution in [2.24, 2.45) is 0 Å². The van der Waals surface area contributed by atoms with E-state index in [1.54, 1.807) is 23.6 Å². The first-order valence-electron chi connectivity index (χ1n) is 8.13. The van der Waals surface area contributed by atoms with Crippen LogP contribution in [0.5, 0.6) is 0 Å². The normalized spacial score (nSPS) is 18.2. The molecule has 0 radical (unpaired) electrons. The van der Waals surface area contributed by atoms with Gasteiger partial charge in [-0.25, -0.2) is 0 Å². The number of likely N-dealkylation sites (N-methyl/N-ethyl adjacent to an activating group) is 1. The minimum absolute atomic E-state index is 0.0240. The topological polar surface area (TPSA) is 56.4 Å². The number of benzene rings is 1. The van der Waals surface area contributed by atoms with Gasteiger partial charge < -0.3 is 9.88 Å². The first-order valence-corrected chi connectivity index (χ1v) is 9.36. The molecule has 0 unspecified atom stereocenters. The summed E-state index contributed by atoms with van der Waals surface area (Å²) in [6.45, 7) is 3.95. The zero-order chi connectivity index (χ0) is 17.3. The van der Waals surface area contributed by atoms with Crippen LogP contribution in [0.25, 0.3) is 10.9 Å². The van der Waals surface area contributed by atoms with Crippen LogP contribution < -0.4 is 5.56 Å². The van der Waals surface area contributed by atoms with Crippen molar-refractivity contribution in [3.05, 3.63) is 40.2 Å². The van der Waals surface area contributed by atoms with Gasteiger partial charge in [0.2, 0.25) is 5.91 Å². The number of thioether (sulfide) groups is 1. The van der Waals surface area contributed by atoms with E-state index in [9.17, 15) is 9.59 Å². The highest BCUT2D eigenvalue weighted by Crippen LogP contribution is 2.21. The maximum absolute atomic E-state index is 12.4. The predicted molar refractivity (Wildman–Crippen MR) is 98.5 cm³/mol. The molecular formula is C18H23N3O2S. The predicted octanol–water partition coefficient (Wildman–Crippen LogP) is 2.30. The maximum atomic E-state index is 12.4. The Balaban J connectivity index is 1.77. The quantitative estimate of drug-likeness (QED) is 0.864. The van der Waals surface area contributed by atoms with Crippen LogP contribution in [0.4, 0.5) is 0 Å².